The Labute approximate surface area is 195 Å². The summed E-state index contributed by atoms with van der Waals surface area (Å²) in [7, 11) is 0. The molecule has 0 radical (unpaired) electrons. The largest absolute Gasteiger partial charge is 0.378 e. The predicted octanol–water partition coefficient (Wildman–Crippen LogP) is 2.99. The summed E-state index contributed by atoms with van der Waals surface area (Å²) >= 11 is 0. The van der Waals surface area contributed by atoms with Gasteiger partial charge in [0.25, 0.3) is 5.91 Å². The summed E-state index contributed by atoms with van der Waals surface area (Å²) in [5.74, 6) is -0.669. The van der Waals surface area contributed by atoms with Crippen LogP contribution >= 0.6 is 0 Å². The number of aryl methyl sites for hydroxylation is 1. The van der Waals surface area contributed by atoms with E-state index in [4.69, 9.17) is 4.74 Å². The lowest BCUT2D eigenvalue weighted by molar-refractivity contribution is 0.0942. The number of rotatable bonds is 5. The van der Waals surface area contributed by atoms with Crippen LogP contribution in [-0.2, 0) is 4.74 Å². The summed E-state index contributed by atoms with van der Waals surface area (Å²) in [6, 6.07) is 9.97. The number of nitrogens with one attached hydrogen (secondary N) is 2. The van der Waals surface area contributed by atoms with E-state index in [9.17, 15) is 4.79 Å². The topological polar surface area (TPSA) is 101 Å². The second-order valence-corrected chi connectivity index (χ2v) is 8.74. The average molecular weight is 462 g/mol. The first-order valence-corrected chi connectivity index (χ1v) is 11.4. The van der Waals surface area contributed by atoms with Crippen LogP contribution in [0.5, 0.6) is 0 Å². The molecule has 1 saturated heterocycles. The Morgan fingerprint density at radius 2 is 2.03 bits per heavy atom. The van der Waals surface area contributed by atoms with Crippen molar-refractivity contribution >= 4 is 22.8 Å². The molecule has 0 bridgehead atoms. The molecule has 1 aliphatic heterocycles. The molecule has 1 aromatic carbocycles. The minimum Gasteiger partial charge on any atom is -0.378 e. The lowest BCUT2D eigenvalue weighted by atomic mass is 10.1. The van der Waals surface area contributed by atoms with Crippen LogP contribution in [0.25, 0.3) is 28.2 Å². The summed E-state index contributed by atoms with van der Waals surface area (Å²) in [6.07, 6.45) is 3.61. The summed E-state index contributed by atoms with van der Waals surface area (Å²) in [5.41, 5.74) is 3.76. The predicted molar refractivity (Wildman–Crippen MR) is 125 cm³/mol. The molecule has 174 valence electrons. The Hall–Kier alpha value is -3.79. The fourth-order valence-corrected chi connectivity index (χ4v) is 4.20. The molecule has 4 aromatic rings. The molecule has 10 heteroatoms. The third-order valence-corrected chi connectivity index (χ3v) is 6.11. The van der Waals surface area contributed by atoms with Gasteiger partial charge in [0.1, 0.15) is 11.2 Å². The van der Waals surface area contributed by atoms with Gasteiger partial charge in [0.15, 0.2) is 23.1 Å². The second kappa shape index (κ2) is 8.21. The van der Waals surface area contributed by atoms with Gasteiger partial charge in [-0.2, -0.15) is 5.10 Å². The van der Waals surface area contributed by atoms with E-state index in [1.165, 1.54) is 4.68 Å². The first-order chi connectivity index (χ1) is 16.6. The van der Waals surface area contributed by atoms with Crippen LogP contribution in [0.2, 0.25) is 0 Å². The highest BCUT2D eigenvalue weighted by molar-refractivity contribution is 5.97. The van der Waals surface area contributed by atoms with E-state index in [0.29, 0.717) is 43.2 Å². The fraction of sp³-hybridized carbons (Fsp3) is 0.333. The smallest absolute Gasteiger partial charge is 0.287 e. The van der Waals surface area contributed by atoms with E-state index in [1.807, 2.05) is 42.2 Å². The van der Waals surface area contributed by atoms with Crippen molar-refractivity contribution < 1.29 is 13.9 Å². The summed E-state index contributed by atoms with van der Waals surface area (Å²) in [4.78, 5) is 26.4. The number of morpholine rings is 1. The quantitative estimate of drug-likeness (QED) is 0.474. The van der Waals surface area contributed by atoms with Crippen molar-refractivity contribution in [3.8, 4) is 17.1 Å². The molecule has 0 spiro atoms. The number of amides is 1. The molecule has 0 atom stereocenters. The maximum absolute atomic E-state index is 16.0. The third kappa shape index (κ3) is 3.79. The zero-order chi connectivity index (χ0) is 23.2. The number of hydrogen-bond donors (Lipinski definition) is 2. The molecule has 4 heterocycles. The fourth-order valence-electron chi connectivity index (χ4n) is 4.20. The highest BCUT2D eigenvalue weighted by Crippen LogP contribution is 2.32. The van der Waals surface area contributed by atoms with Gasteiger partial charge in [-0.05, 0) is 31.9 Å². The number of H-pyrrole nitrogens is 1. The number of aromatic amines is 1. The van der Waals surface area contributed by atoms with Gasteiger partial charge in [0.05, 0.1) is 18.9 Å². The normalized spacial score (nSPS) is 16.2. The number of imidazole rings is 1. The van der Waals surface area contributed by atoms with Gasteiger partial charge in [-0.25, -0.2) is 19.0 Å². The Morgan fingerprint density at radius 1 is 1.21 bits per heavy atom. The highest BCUT2D eigenvalue weighted by Gasteiger charge is 2.29. The van der Waals surface area contributed by atoms with Gasteiger partial charge in [-0.3, -0.25) is 4.79 Å². The molecule has 0 unspecified atom stereocenters. The summed E-state index contributed by atoms with van der Waals surface area (Å²) in [6.45, 7) is 4.03. The maximum Gasteiger partial charge on any atom is 0.287 e. The highest BCUT2D eigenvalue weighted by atomic mass is 19.1. The van der Waals surface area contributed by atoms with Crippen molar-refractivity contribution in [2.24, 2.45) is 0 Å². The molecule has 1 saturated carbocycles. The van der Waals surface area contributed by atoms with Crippen LogP contribution in [0.4, 0.5) is 10.1 Å². The van der Waals surface area contributed by atoms with Crippen molar-refractivity contribution in [3.63, 3.8) is 0 Å². The maximum atomic E-state index is 16.0. The number of anilines is 1. The first kappa shape index (κ1) is 20.8. The van der Waals surface area contributed by atoms with E-state index in [1.54, 1.807) is 6.20 Å². The molecule has 2 fully saturated rings. The van der Waals surface area contributed by atoms with E-state index in [-0.39, 0.29) is 29.2 Å². The monoisotopic (exact) mass is 461 g/mol. The molecule has 1 aliphatic carbocycles. The molecule has 34 heavy (non-hydrogen) atoms. The number of benzene rings is 1. The lowest BCUT2D eigenvalue weighted by Gasteiger charge is -2.29. The number of aromatic nitrogens is 5. The zero-order valence-electron chi connectivity index (χ0n) is 18.7. The molecule has 2 N–H and O–H groups in total. The Balaban J connectivity index is 1.46. The van der Waals surface area contributed by atoms with E-state index >= 15 is 4.39 Å². The van der Waals surface area contributed by atoms with Crippen molar-refractivity contribution in [1.82, 2.24) is 30.0 Å². The number of halogens is 1. The molecule has 6 rings (SSSR count). The number of carbonyl (C=O) groups excluding carboxylic acids is 1. The molecule has 3 aromatic heterocycles. The van der Waals surface area contributed by atoms with Gasteiger partial charge in [0.2, 0.25) is 0 Å². The minimum atomic E-state index is -0.522. The molecule has 2 aliphatic rings. The van der Waals surface area contributed by atoms with Crippen molar-refractivity contribution in [1.29, 1.82) is 0 Å². The van der Waals surface area contributed by atoms with E-state index in [0.717, 1.165) is 24.0 Å². The van der Waals surface area contributed by atoms with Crippen LogP contribution < -0.4 is 10.2 Å². The Bertz CT molecular complexity index is 1390. The Kier molecular flexibility index (Phi) is 5.02. The number of fused-ring (bicyclic) bond motifs is 1. The van der Waals surface area contributed by atoms with Gasteiger partial charge in [-0.15, -0.1) is 0 Å². The summed E-state index contributed by atoms with van der Waals surface area (Å²) < 4.78 is 22.9. The van der Waals surface area contributed by atoms with Gasteiger partial charge in [-0.1, -0.05) is 23.8 Å². The standard InChI is InChI=1S/C24H24FN7O2/c1-14-3-2-4-15(13-14)17-7-8-32(30-17)23-18(25)20(31-9-11-34-12-10-31)19-21(29-23)28-22(27-19)24(33)26-16-5-6-16/h2-4,7-8,13,16H,5-6,9-12H2,1H3,(H,26,33)(H,27,28,29). The first-order valence-electron chi connectivity index (χ1n) is 11.4. The molecular weight excluding hydrogens is 437 g/mol. The van der Waals surface area contributed by atoms with Crippen LogP contribution in [0.1, 0.15) is 29.0 Å². The second-order valence-electron chi connectivity index (χ2n) is 8.74. The SMILES string of the molecule is Cc1cccc(-c2ccn(-c3nc4nc(C(=O)NC5CC5)[nH]c4c(N4CCOCC4)c3F)n2)c1. The molecular formula is C24H24FN7O2. The zero-order valence-corrected chi connectivity index (χ0v) is 18.7. The molecule has 1 amide bonds. The number of pyridine rings is 1. The van der Waals surface area contributed by atoms with Gasteiger partial charge in [0, 0.05) is 30.9 Å². The summed E-state index contributed by atoms with van der Waals surface area (Å²) in [5, 5.41) is 7.50. The van der Waals surface area contributed by atoms with Crippen LogP contribution in [-0.4, -0.2) is 63.0 Å². The number of hydrogen-bond acceptors (Lipinski definition) is 6. The van der Waals surface area contributed by atoms with Crippen molar-refractivity contribution in [2.75, 3.05) is 31.2 Å². The minimum absolute atomic E-state index is 0.0357. The van der Waals surface area contributed by atoms with Crippen molar-refractivity contribution in [3.05, 3.63) is 53.7 Å². The van der Waals surface area contributed by atoms with Crippen LogP contribution in [0, 0.1) is 12.7 Å². The average Bonchev–Trinajstić information content (AvgIpc) is 3.34. The van der Waals surface area contributed by atoms with E-state index < -0.39 is 5.82 Å². The third-order valence-electron chi connectivity index (χ3n) is 6.11. The van der Waals surface area contributed by atoms with Crippen LogP contribution in [0.15, 0.2) is 36.5 Å². The number of nitrogens with zero attached hydrogens (tertiary/aromatic N) is 5. The molecule has 9 nitrogen and oxygen atoms in total. The van der Waals surface area contributed by atoms with Crippen molar-refractivity contribution in [2.45, 2.75) is 25.8 Å². The lowest BCUT2D eigenvalue weighted by Crippen LogP contribution is -2.37. The van der Waals surface area contributed by atoms with Gasteiger partial charge >= 0.3 is 0 Å². The van der Waals surface area contributed by atoms with Crippen LogP contribution in [0.3, 0.4) is 0 Å². The van der Waals surface area contributed by atoms with Gasteiger partial charge < -0.3 is 19.9 Å². The van der Waals surface area contributed by atoms with E-state index in [2.05, 4.69) is 25.4 Å². The number of ether oxygens (including phenoxy) is 1. The number of carbonyl (C=O) groups is 1. The Morgan fingerprint density at radius 3 is 2.79 bits per heavy atom.